The van der Waals surface area contributed by atoms with Crippen LogP contribution in [0.3, 0.4) is 0 Å². The zero-order chi connectivity index (χ0) is 28.7. The summed E-state index contributed by atoms with van der Waals surface area (Å²) in [5, 5.41) is 9.34. The molecule has 2 aliphatic heterocycles. The Morgan fingerprint density at radius 3 is 2.17 bits per heavy atom. The predicted octanol–water partition coefficient (Wildman–Crippen LogP) is 3.52. The highest BCUT2D eigenvalue weighted by Crippen LogP contribution is 2.34. The molecule has 2 aromatic rings. The summed E-state index contributed by atoms with van der Waals surface area (Å²) in [6.07, 6.45) is 0.548. The van der Waals surface area contributed by atoms with Crippen LogP contribution in [0, 0.1) is 0 Å². The molecule has 10 heteroatoms. The Labute approximate surface area is 236 Å². The molecule has 0 bridgehead atoms. The largest absolute Gasteiger partial charge is 0.497 e. The van der Waals surface area contributed by atoms with Gasteiger partial charge in [0.2, 0.25) is 0 Å². The van der Waals surface area contributed by atoms with E-state index in [4.69, 9.17) is 19.3 Å². The first-order chi connectivity index (χ1) is 19.2. The van der Waals surface area contributed by atoms with Crippen LogP contribution in [0.2, 0.25) is 0 Å². The lowest BCUT2D eigenvalue weighted by molar-refractivity contribution is -0.133. The number of ether oxygens (including phenoxy) is 3. The van der Waals surface area contributed by atoms with Crippen molar-refractivity contribution in [2.24, 2.45) is 5.10 Å². The molecule has 0 aliphatic carbocycles. The maximum atomic E-state index is 13.9. The molecule has 1 unspecified atom stereocenters. The van der Waals surface area contributed by atoms with Gasteiger partial charge < -0.3 is 24.4 Å². The van der Waals surface area contributed by atoms with Gasteiger partial charge in [0.15, 0.2) is 0 Å². The van der Waals surface area contributed by atoms with E-state index >= 15 is 0 Å². The van der Waals surface area contributed by atoms with E-state index in [9.17, 15) is 9.59 Å². The van der Waals surface area contributed by atoms with Gasteiger partial charge in [0.1, 0.15) is 18.0 Å². The first kappa shape index (κ1) is 29.4. The van der Waals surface area contributed by atoms with Crippen LogP contribution in [0.1, 0.15) is 44.4 Å². The smallest absolute Gasteiger partial charge is 0.318 e. The van der Waals surface area contributed by atoms with Crippen LogP contribution in [-0.2, 0) is 9.53 Å². The Morgan fingerprint density at radius 1 is 1.00 bits per heavy atom. The average Bonchev–Trinajstić information content (AvgIpc) is 3.40. The number of carbonyl (C=O) groups is 2. The van der Waals surface area contributed by atoms with Crippen LogP contribution in [0.15, 0.2) is 53.6 Å². The zero-order valence-electron chi connectivity index (χ0n) is 24.2. The van der Waals surface area contributed by atoms with E-state index in [0.717, 1.165) is 41.4 Å². The van der Waals surface area contributed by atoms with E-state index < -0.39 is 5.54 Å². The Bertz CT molecular complexity index is 1170. The summed E-state index contributed by atoms with van der Waals surface area (Å²) < 4.78 is 16.1. The number of morpholine rings is 1. The van der Waals surface area contributed by atoms with E-state index in [1.807, 2.05) is 69.3 Å². The lowest BCUT2D eigenvalue weighted by Gasteiger charge is -2.32. The zero-order valence-corrected chi connectivity index (χ0v) is 24.2. The minimum absolute atomic E-state index is 0.0850. The topological polar surface area (TPSA) is 95.9 Å². The van der Waals surface area contributed by atoms with Crippen molar-refractivity contribution in [2.75, 3.05) is 60.2 Å². The van der Waals surface area contributed by atoms with E-state index in [2.05, 4.69) is 10.2 Å². The van der Waals surface area contributed by atoms with Crippen molar-refractivity contribution in [3.8, 4) is 11.5 Å². The van der Waals surface area contributed by atoms with Crippen molar-refractivity contribution >= 4 is 17.6 Å². The molecule has 1 N–H and O–H groups in total. The number of amides is 3. The Balaban J connectivity index is 1.57. The highest BCUT2D eigenvalue weighted by Gasteiger charge is 2.35. The molecule has 2 aromatic carbocycles. The number of hydrogen-bond acceptors (Lipinski definition) is 7. The third-order valence-corrected chi connectivity index (χ3v) is 6.97. The molecule has 2 aliphatic rings. The van der Waals surface area contributed by atoms with Gasteiger partial charge in [-0.25, -0.2) is 9.80 Å². The molecule has 0 saturated carbocycles. The maximum Gasteiger partial charge on any atom is 0.318 e. The van der Waals surface area contributed by atoms with Crippen LogP contribution in [0.5, 0.6) is 11.5 Å². The second kappa shape index (κ2) is 13.1. The second-order valence-corrected chi connectivity index (χ2v) is 11.1. The van der Waals surface area contributed by atoms with E-state index in [0.29, 0.717) is 32.7 Å². The van der Waals surface area contributed by atoms with Crippen LogP contribution < -0.4 is 14.8 Å². The van der Waals surface area contributed by atoms with Gasteiger partial charge in [0.25, 0.3) is 5.91 Å². The van der Waals surface area contributed by atoms with E-state index in [1.165, 1.54) is 5.01 Å². The Morgan fingerprint density at radius 2 is 1.60 bits per heavy atom. The van der Waals surface area contributed by atoms with Gasteiger partial charge in [-0.3, -0.25) is 9.69 Å². The third-order valence-electron chi connectivity index (χ3n) is 6.97. The number of nitrogens with one attached hydrogen (secondary N) is 1. The lowest BCUT2D eigenvalue weighted by Crippen LogP contribution is -2.53. The molecule has 1 fully saturated rings. The fraction of sp³-hybridized carbons (Fsp3) is 0.500. The monoisotopic (exact) mass is 551 g/mol. The van der Waals surface area contributed by atoms with Crippen LogP contribution in [0.25, 0.3) is 0 Å². The first-order valence-corrected chi connectivity index (χ1v) is 13.7. The van der Waals surface area contributed by atoms with Gasteiger partial charge >= 0.3 is 6.03 Å². The molecule has 1 atom stereocenters. The number of hydrogen-bond donors (Lipinski definition) is 1. The number of methoxy groups -OCH3 is 2. The highest BCUT2D eigenvalue weighted by atomic mass is 16.5. The molecule has 10 nitrogen and oxygen atoms in total. The van der Waals surface area contributed by atoms with Crippen LogP contribution in [0.4, 0.5) is 4.79 Å². The number of nitrogens with zero attached hydrogens (tertiary/aromatic N) is 4. The molecular weight excluding hydrogens is 510 g/mol. The van der Waals surface area contributed by atoms with Gasteiger partial charge in [0.05, 0.1) is 39.2 Å². The highest BCUT2D eigenvalue weighted by molar-refractivity contribution is 6.03. The normalized spacial score (nSPS) is 17.8. The Kier molecular flexibility index (Phi) is 9.65. The summed E-state index contributed by atoms with van der Waals surface area (Å²) in [6.45, 7) is 9.75. The van der Waals surface area contributed by atoms with Crippen molar-refractivity contribution in [1.82, 2.24) is 20.1 Å². The molecule has 216 valence electrons. The number of hydrazone groups is 1. The Hall–Kier alpha value is -3.63. The fourth-order valence-corrected chi connectivity index (χ4v) is 4.76. The molecule has 4 rings (SSSR count). The first-order valence-electron chi connectivity index (χ1n) is 13.7. The van der Waals surface area contributed by atoms with Gasteiger partial charge in [-0.1, -0.05) is 12.1 Å². The quantitative estimate of drug-likeness (QED) is 0.513. The molecule has 0 spiro atoms. The summed E-state index contributed by atoms with van der Waals surface area (Å²) in [7, 11) is 3.25. The summed E-state index contributed by atoms with van der Waals surface area (Å²) in [5.41, 5.74) is 2.23. The van der Waals surface area contributed by atoms with Gasteiger partial charge in [-0.15, -0.1) is 0 Å². The number of carbonyl (C=O) groups excluding carboxylic acids is 2. The van der Waals surface area contributed by atoms with Gasteiger partial charge in [0, 0.05) is 38.1 Å². The van der Waals surface area contributed by atoms with Crippen molar-refractivity contribution in [2.45, 2.75) is 38.8 Å². The summed E-state index contributed by atoms with van der Waals surface area (Å²) in [6, 6.07) is 14.8. The minimum Gasteiger partial charge on any atom is -0.497 e. The van der Waals surface area contributed by atoms with Crippen molar-refractivity contribution in [1.29, 1.82) is 0 Å². The molecule has 0 radical (unpaired) electrons. The number of urea groups is 1. The lowest BCUT2D eigenvalue weighted by atomic mass is 9.98. The second-order valence-electron chi connectivity index (χ2n) is 11.1. The molecule has 1 saturated heterocycles. The molecule has 40 heavy (non-hydrogen) atoms. The molecule has 0 aromatic heterocycles. The fourth-order valence-electron chi connectivity index (χ4n) is 4.76. The van der Waals surface area contributed by atoms with Gasteiger partial charge in [-0.05, 0) is 68.3 Å². The third kappa shape index (κ3) is 7.73. The van der Waals surface area contributed by atoms with Crippen molar-refractivity contribution < 1.29 is 23.8 Å². The average molecular weight is 552 g/mol. The van der Waals surface area contributed by atoms with Crippen LogP contribution >= 0.6 is 0 Å². The van der Waals surface area contributed by atoms with Crippen molar-refractivity contribution in [3.63, 3.8) is 0 Å². The number of rotatable bonds is 9. The molecular formula is C30H41N5O5. The summed E-state index contributed by atoms with van der Waals surface area (Å²) in [4.78, 5) is 31.0. The van der Waals surface area contributed by atoms with Crippen LogP contribution in [-0.4, -0.2) is 98.2 Å². The molecule has 2 heterocycles. The number of benzene rings is 2. The van der Waals surface area contributed by atoms with E-state index in [-0.39, 0.29) is 24.5 Å². The van der Waals surface area contributed by atoms with Crippen molar-refractivity contribution in [3.05, 3.63) is 59.7 Å². The van der Waals surface area contributed by atoms with E-state index in [1.54, 1.807) is 19.1 Å². The minimum atomic E-state index is -0.434. The standard InChI is InChI=1S/C30H41N5O5/c1-30(2,3)31-29(37)34(15-14-33-16-18-40-19-17-33)21-28(36)35-27(23-8-12-25(39-5)13-9-23)20-26(32-35)22-6-10-24(38-4)11-7-22/h6-13,27H,14-21H2,1-5H3,(H,31,37). The SMILES string of the molecule is COc1ccc(C2=NN(C(=O)CN(CCN3CCOCC3)C(=O)NC(C)(C)C)C(c3ccc(OC)cc3)C2)cc1. The van der Waals surface area contributed by atoms with Gasteiger partial charge in [-0.2, -0.15) is 5.10 Å². The predicted molar refractivity (Wildman–Crippen MR) is 154 cm³/mol. The summed E-state index contributed by atoms with van der Waals surface area (Å²) in [5.74, 6) is 1.25. The maximum absolute atomic E-state index is 13.9. The molecule has 3 amide bonds. The summed E-state index contributed by atoms with van der Waals surface area (Å²) >= 11 is 0.